The first-order valence-corrected chi connectivity index (χ1v) is 8.94. The van der Waals surface area contributed by atoms with Crippen molar-refractivity contribution in [2.24, 2.45) is 29.1 Å². The van der Waals surface area contributed by atoms with E-state index in [2.05, 4.69) is 53.8 Å². The van der Waals surface area contributed by atoms with Gasteiger partial charge >= 0.3 is 0 Å². The Labute approximate surface area is 128 Å². The maximum Gasteiger partial charge on any atom is 0.00979 e. The first-order chi connectivity index (χ1) is 9.21. The normalized spacial score (nSPS) is 31.1. The average molecular weight is 282 g/mol. The van der Waals surface area contributed by atoms with Crippen molar-refractivity contribution in [1.29, 1.82) is 0 Å². The van der Waals surface area contributed by atoms with Crippen LogP contribution in [-0.2, 0) is 0 Å². The van der Waals surface area contributed by atoms with E-state index in [9.17, 15) is 0 Å². The summed E-state index contributed by atoms with van der Waals surface area (Å²) in [6.07, 6.45) is 7.00. The lowest BCUT2D eigenvalue weighted by atomic mass is 9.71. The highest BCUT2D eigenvalue weighted by Gasteiger charge is 2.31. The lowest BCUT2D eigenvalue weighted by Crippen LogP contribution is -2.41. The Hall–Kier alpha value is -0.0400. The monoisotopic (exact) mass is 281 g/mol. The molecule has 1 aliphatic carbocycles. The van der Waals surface area contributed by atoms with Crippen molar-refractivity contribution >= 4 is 0 Å². The quantitative estimate of drug-likeness (QED) is 0.678. The molecule has 1 nitrogen and oxygen atoms in total. The minimum absolute atomic E-state index is 0.462. The van der Waals surface area contributed by atoms with Crippen LogP contribution in [0.25, 0.3) is 0 Å². The van der Waals surface area contributed by atoms with Gasteiger partial charge in [-0.05, 0) is 67.7 Å². The molecule has 1 fully saturated rings. The molecule has 0 saturated heterocycles. The molecule has 120 valence electrons. The molecule has 4 unspecified atom stereocenters. The van der Waals surface area contributed by atoms with Crippen molar-refractivity contribution in [3.8, 4) is 0 Å². The highest BCUT2D eigenvalue weighted by atomic mass is 14.9. The maximum atomic E-state index is 3.81. The second-order valence-electron chi connectivity index (χ2n) is 8.95. The Balaban J connectivity index is 2.58. The van der Waals surface area contributed by atoms with E-state index in [4.69, 9.17) is 0 Å². The Kier molecular flexibility index (Phi) is 7.04. The molecule has 4 atom stereocenters. The van der Waals surface area contributed by atoms with E-state index in [1.165, 1.54) is 32.1 Å². The second-order valence-corrected chi connectivity index (χ2v) is 8.95. The first-order valence-electron chi connectivity index (χ1n) is 8.94. The van der Waals surface area contributed by atoms with Gasteiger partial charge in [0, 0.05) is 6.04 Å². The third-order valence-electron chi connectivity index (χ3n) is 4.87. The number of nitrogens with one attached hydrogen (secondary N) is 1. The summed E-state index contributed by atoms with van der Waals surface area (Å²) in [5, 5.41) is 3.81. The predicted octanol–water partition coefficient (Wildman–Crippen LogP) is 5.50. The highest BCUT2D eigenvalue weighted by molar-refractivity contribution is 4.85. The largest absolute Gasteiger partial charge is 0.314 e. The summed E-state index contributed by atoms with van der Waals surface area (Å²) in [7, 11) is 0. The van der Waals surface area contributed by atoms with Crippen LogP contribution in [0.5, 0.6) is 0 Å². The Morgan fingerprint density at radius 3 is 2.05 bits per heavy atom. The molecule has 0 aliphatic heterocycles. The van der Waals surface area contributed by atoms with Crippen LogP contribution in [0, 0.1) is 29.1 Å². The zero-order chi connectivity index (χ0) is 15.3. The third kappa shape index (κ3) is 6.61. The number of hydrogen-bond acceptors (Lipinski definition) is 1. The summed E-state index contributed by atoms with van der Waals surface area (Å²) < 4.78 is 0. The fourth-order valence-corrected chi connectivity index (χ4v) is 4.60. The van der Waals surface area contributed by atoms with Crippen LogP contribution in [-0.4, -0.2) is 12.6 Å². The van der Waals surface area contributed by atoms with E-state index in [1.54, 1.807) is 0 Å². The fourth-order valence-electron chi connectivity index (χ4n) is 4.60. The van der Waals surface area contributed by atoms with E-state index >= 15 is 0 Å². The van der Waals surface area contributed by atoms with Crippen molar-refractivity contribution in [2.45, 2.75) is 86.6 Å². The topological polar surface area (TPSA) is 12.0 Å². The highest BCUT2D eigenvalue weighted by Crippen LogP contribution is 2.37. The van der Waals surface area contributed by atoms with Gasteiger partial charge in [0.15, 0.2) is 0 Å². The van der Waals surface area contributed by atoms with Crippen LogP contribution >= 0.6 is 0 Å². The number of rotatable bonds is 6. The average Bonchev–Trinajstić information content (AvgIpc) is 2.24. The van der Waals surface area contributed by atoms with Gasteiger partial charge < -0.3 is 5.32 Å². The molecule has 0 bridgehead atoms. The van der Waals surface area contributed by atoms with Crippen molar-refractivity contribution in [3.05, 3.63) is 0 Å². The predicted molar refractivity (Wildman–Crippen MR) is 91.0 cm³/mol. The van der Waals surface area contributed by atoms with Gasteiger partial charge in [0.2, 0.25) is 0 Å². The zero-order valence-corrected chi connectivity index (χ0v) is 15.1. The Morgan fingerprint density at radius 1 is 1.05 bits per heavy atom. The summed E-state index contributed by atoms with van der Waals surface area (Å²) >= 11 is 0. The van der Waals surface area contributed by atoms with Crippen LogP contribution in [0.15, 0.2) is 0 Å². The maximum absolute atomic E-state index is 3.81. The van der Waals surface area contributed by atoms with Crippen molar-refractivity contribution in [3.63, 3.8) is 0 Å². The molecular formula is C19H39N. The summed E-state index contributed by atoms with van der Waals surface area (Å²) in [5.41, 5.74) is 0.462. The lowest BCUT2D eigenvalue weighted by molar-refractivity contribution is 0.155. The Bertz CT molecular complexity index is 255. The first kappa shape index (κ1) is 18.0. The van der Waals surface area contributed by atoms with Gasteiger partial charge in [0.05, 0.1) is 0 Å². The number of hydrogen-bond donors (Lipinski definition) is 1. The van der Waals surface area contributed by atoms with Crippen LogP contribution < -0.4 is 5.32 Å². The van der Waals surface area contributed by atoms with Crippen molar-refractivity contribution in [2.75, 3.05) is 6.54 Å². The molecule has 1 saturated carbocycles. The standard InChI is InChI=1S/C19H39N/c1-8-20-18(12-16(4)13-19(5,6)7)17-10-14(2)9-15(3)11-17/h14-18,20H,8-13H2,1-7H3. The van der Waals surface area contributed by atoms with E-state index in [0.717, 1.165) is 36.3 Å². The lowest BCUT2D eigenvalue weighted by Gasteiger charge is -2.38. The van der Waals surface area contributed by atoms with Crippen LogP contribution in [0.1, 0.15) is 80.6 Å². The van der Waals surface area contributed by atoms with E-state index < -0.39 is 0 Å². The van der Waals surface area contributed by atoms with Crippen LogP contribution in [0.2, 0.25) is 0 Å². The zero-order valence-electron chi connectivity index (χ0n) is 15.1. The van der Waals surface area contributed by atoms with Gasteiger partial charge in [-0.1, -0.05) is 48.5 Å². The van der Waals surface area contributed by atoms with Gasteiger partial charge in [-0.15, -0.1) is 0 Å². The SMILES string of the molecule is CCNC(CC(C)CC(C)(C)C)C1CC(C)CC(C)C1. The molecule has 0 heterocycles. The van der Waals surface area contributed by atoms with Gasteiger partial charge in [0.25, 0.3) is 0 Å². The summed E-state index contributed by atoms with van der Waals surface area (Å²) in [6, 6.07) is 0.738. The molecule has 0 amide bonds. The van der Waals surface area contributed by atoms with Crippen LogP contribution in [0.4, 0.5) is 0 Å². The summed E-state index contributed by atoms with van der Waals surface area (Å²) in [6.45, 7) is 17.8. The van der Waals surface area contributed by atoms with Crippen molar-refractivity contribution < 1.29 is 0 Å². The molecule has 0 spiro atoms. The summed E-state index contributed by atoms with van der Waals surface area (Å²) in [4.78, 5) is 0. The van der Waals surface area contributed by atoms with E-state index in [-0.39, 0.29) is 0 Å². The molecular weight excluding hydrogens is 242 g/mol. The molecule has 1 N–H and O–H groups in total. The van der Waals surface area contributed by atoms with Gasteiger partial charge in [0.1, 0.15) is 0 Å². The Morgan fingerprint density at radius 2 is 1.60 bits per heavy atom. The summed E-state index contributed by atoms with van der Waals surface area (Å²) in [5.74, 6) is 3.56. The third-order valence-corrected chi connectivity index (χ3v) is 4.87. The molecule has 1 aliphatic rings. The smallest absolute Gasteiger partial charge is 0.00979 e. The second kappa shape index (κ2) is 7.82. The minimum Gasteiger partial charge on any atom is -0.314 e. The van der Waals surface area contributed by atoms with Gasteiger partial charge in [-0.25, -0.2) is 0 Å². The van der Waals surface area contributed by atoms with E-state index in [1.807, 2.05) is 0 Å². The van der Waals surface area contributed by atoms with E-state index in [0.29, 0.717) is 5.41 Å². The van der Waals surface area contributed by atoms with Gasteiger partial charge in [-0.2, -0.15) is 0 Å². The molecule has 1 rings (SSSR count). The molecule has 1 heteroatoms. The molecule has 0 radical (unpaired) electrons. The fraction of sp³-hybridized carbons (Fsp3) is 1.00. The van der Waals surface area contributed by atoms with Crippen LogP contribution in [0.3, 0.4) is 0 Å². The van der Waals surface area contributed by atoms with Gasteiger partial charge in [-0.3, -0.25) is 0 Å². The molecule has 0 aromatic heterocycles. The minimum atomic E-state index is 0.462. The molecule has 0 aromatic rings. The molecule has 0 aromatic carbocycles. The van der Waals surface area contributed by atoms with Crippen molar-refractivity contribution in [1.82, 2.24) is 5.32 Å². The molecule has 20 heavy (non-hydrogen) atoms.